The van der Waals surface area contributed by atoms with E-state index >= 15 is 0 Å². The van der Waals surface area contributed by atoms with Crippen molar-refractivity contribution in [3.05, 3.63) is 71.8 Å². The number of hydrogen-bond donors (Lipinski definition) is 1. The molecule has 1 unspecified atom stereocenters. The molecule has 0 aromatic heterocycles. The van der Waals surface area contributed by atoms with E-state index < -0.39 is 24.1 Å². The Morgan fingerprint density at radius 2 is 1.39 bits per heavy atom. The molecule has 1 heterocycles. The highest BCUT2D eigenvalue weighted by Gasteiger charge is 2.54. The molecular weight excluding hydrogens is 356 g/mol. The van der Waals surface area contributed by atoms with Crippen LogP contribution in [0.15, 0.2) is 60.7 Å². The fourth-order valence-electron chi connectivity index (χ4n) is 4.03. The van der Waals surface area contributed by atoms with E-state index in [2.05, 4.69) is 0 Å². The highest BCUT2D eigenvalue weighted by molar-refractivity contribution is 5.15. The summed E-state index contributed by atoms with van der Waals surface area (Å²) in [5.74, 6) is -0.697. The van der Waals surface area contributed by atoms with Crippen molar-refractivity contribution in [2.24, 2.45) is 0 Å². The van der Waals surface area contributed by atoms with Crippen molar-refractivity contribution >= 4 is 0 Å². The van der Waals surface area contributed by atoms with Crippen LogP contribution >= 0.6 is 0 Å². The van der Waals surface area contributed by atoms with E-state index in [-0.39, 0.29) is 12.2 Å². The first-order valence-electron chi connectivity index (χ1n) is 9.86. The Balaban J connectivity index is 1.51. The molecule has 5 atom stereocenters. The second kappa shape index (κ2) is 8.31. The fourth-order valence-corrected chi connectivity index (χ4v) is 4.03. The molecule has 0 spiro atoms. The van der Waals surface area contributed by atoms with Gasteiger partial charge in [-0.05, 0) is 25.0 Å². The molecule has 2 aliphatic rings. The van der Waals surface area contributed by atoms with Crippen molar-refractivity contribution < 1.29 is 24.1 Å². The van der Waals surface area contributed by atoms with Crippen molar-refractivity contribution in [3.63, 3.8) is 0 Å². The third kappa shape index (κ3) is 4.45. The molecule has 4 rings (SSSR count). The molecule has 1 aliphatic carbocycles. The summed E-state index contributed by atoms with van der Waals surface area (Å²) < 4.78 is 24.6. The second-order valence-electron chi connectivity index (χ2n) is 7.96. The van der Waals surface area contributed by atoms with Gasteiger partial charge in [0.05, 0.1) is 25.4 Å². The van der Waals surface area contributed by atoms with Gasteiger partial charge < -0.3 is 24.1 Å². The number of hydrogen-bond acceptors (Lipinski definition) is 5. The van der Waals surface area contributed by atoms with E-state index in [0.29, 0.717) is 19.6 Å². The number of ether oxygens (including phenoxy) is 4. The molecule has 0 bridgehead atoms. The minimum Gasteiger partial charge on any atom is -0.390 e. The predicted octanol–water partition coefficient (Wildman–Crippen LogP) is 3.44. The van der Waals surface area contributed by atoms with Gasteiger partial charge in [0.1, 0.15) is 18.3 Å². The molecule has 1 saturated heterocycles. The van der Waals surface area contributed by atoms with Crippen molar-refractivity contribution in [2.45, 2.75) is 69.8 Å². The number of fused-ring (bicyclic) bond motifs is 1. The van der Waals surface area contributed by atoms with Crippen LogP contribution in [0.25, 0.3) is 0 Å². The van der Waals surface area contributed by atoms with Gasteiger partial charge in [-0.2, -0.15) is 0 Å². The van der Waals surface area contributed by atoms with Crippen LogP contribution in [0, 0.1) is 0 Å². The smallest absolute Gasteiger partial charge is 0.163 e. The zero-order chi connectivity index (χ0) is 19.6. The first-order valence-corrected chi connectivity index (χ1v) is 9.86. The molecule has 2 aromatic carbocycles. The Labute approximate surface area is 166 Å². The molecule has 2 fully saturated rings. The summed E-state index contributed by atoms with van der Waals surface area (Å²) in [5, 5.41) is 10.8. The summed E-state index contributed by atoms with van der Waals surface area (Å²) in [4.78, 5) is 0. The normalized spacial score (nSPS) is 31.5. The van der Waals surface area contributed by atoms with Gasteiger partial charge in [0, 0.05) is 6.42 Å². The quantitative estimate of drug-likeness (QED) is 0.827. The van der Waals surface area contributed by atoms with Crippen LogP contribution in [-0.4, -0.2) is 41.4 Å². The molecule has 28 heavy (non-hydrogen) atoms. The van der Waals surface area contributed by atoms with E-state index in [1.165, 1.54) is 0 Å². The average Bonchev–Trinajstić information content (AvgIpc) is 3.00. The largest absolute Gasteiger partial charge is 0.390 e. The molecule has 1 saturated carbocycles. The third-order valence-corrected chi connectivity index (χ3v) is 5.29. The fraction of sp³-hybridized carbons (Fsp3) is 0.478. The van der Waals surface area contributed by atoms with Gasteiger partial charge in [-0.15, -0.1) is 0 Å². The highest BCUT2D eigenvalue weighted by Crippen LogP contribution is 2.39. The van der Waals surface area contributed by atoms with Gasteiger partial charge in [-0.3, -0.25) is 0 Å². The maximum atomic E-state index is 10.8. The molecule has 5 nitrogen and oxygen atoms in total. The lowest BCUT2D eigenvalue weighted by Crippen LogP contribution is -2.56. The lowest BCUT2D eigenvalue weighted by Gasteiger charge is -2.40. The van der Waals surface area contributed by atoms with Crippen LogP contribution in [-0.2, 0) is 32.2 Å². The van der Waals surface area contributed by atoms with Gasteiger partial charge in [-0.25, -0.2) is 0 Å². The van der Waals surface area contributed by atoms with Crippen molar-refractivity contribution in [2.75, 3.05) is 0 Å². The van der Waals surface area contributed by atoms with Crippen LogP contribution in [0.5, 0.6) is 0 Å². The molecule has 2 aromatic rings. The zero-order valence-corrected chi connectivity index (χ0v) is 16.4. The topological polar surface area (TPSA) is 57.2 Å². The average molecular weight is 384 g/mol. The molecule has 150 valence electrons. The number of aliphatic hydroxyl groups is 1. The molecule has 1 aliphatic heterocycles. The maximum absolute atomic E-state index is 10.8. The Hall–Kier alpha value is -1.76. The van der Waals surface area contributed by atoms with E-state index in [9.17, 15) is 5.11 Å². The summed E-state index contributed by atoms with van der Waals surface area (Å²) >= 11 is 0. The SMILES string of the molecule is CC1(C)OC2[C@@H](OCc3ccccc3)[C@@H](OCc3ccccc3)[C@H](O)C[C@H]2O1. The molecular formula is C23H28O5. The summed E-state index contributed by atoms with van der Waals surface area (Å²) in [5.41, 5.74) is 2.13. The third-order valence-electron chi connectivity index (χ3n) is 5.29. The van der Waals surface area contributed by atoms with Crippen LogP contribution in [0.3, 0.4) is 0 Å². The summed E-state index contributed by atoms with van der Waals surface area (Å²) in [6, 6.07) is 19.9. The van der Waals surface area contributed by atoms with Crippen LogP contribution in [0.4, 0.5) is 0 Å². The van der Waals surface area contributed by atoms with Crippen molar-refractivity contribution in [1.29, 1.82) is 0 Å². The Bertz CT molecular complexity index is 748. The summed E-state index contributed by atoms with van der Waals surface area (Å²) in [7, 11) is 0. The highest BCUT2D eigenvalue weighted by atomic mass is 16.8. The van der Waals surface area contributed by atoms with Gasteiger partial charge >= 0.3 is 0 Å². The molecule has 0 radical (unpaired) electrons. The van der Waals surface area contributed by atoms with Gasteiger partial charge in [0.2, 0.25) is 0 Å². The van der Waals surface area contributed by atoms with E-state index in [4.69, 9.17) is 18.9 Å². The van der Waals surface area contributed by atoms with Gasteiger partial charge in [0.15, 0.2) is 5.79 Å². The maximum Gasteiger partial charge on any atom is 0.163 e. The van der Waals surface area contributed by atoms with Crippen molar-refractivity contribution in [3.8, 4) is 0 Å². The summed E-state index contributed by atoms with van der Waals surface area (Å²) in [6.45, 7) is 4.63. The minimum atomic E-state index is -0.697. The number of aliphatic hydroxyl groups excluding tert-OH is 1. The monoisotopic (exact) mass is 384 g/mol. The number of benzene rings is 2. The lowest BCUT2D eigenvalue weighted by atomic mass is 9.87. The van der Waals surface area contributed by atoms with Crippen molar-refractivity contribution in [1.82, 2.24) is 0 Å². The lowest BCUT2D eigenvalue weighted by molar-refractivity contribution is -0.201. The van der Waals surface area contributed by atoms with E-state index in [1.54, 1.807) is 0 Å². The second-order valence-corrected chi connectivity index (χ2v) is 7.96. The van der Waals surface area contributed by atoms with Crippen LogP contribution in [0.1, 0.15) is 31.4 Å². The van der Waals surface area contributed by atoms with Gasteiger partial charge in [-0.1, -0.05) is 60.7 Å². The van der Waals surface area contributed by atoms with E-state index in [0.717, 1.165) is 11.1 Å². The Kier molecular flexibility index (Phi) is 5.80. The number of rotatable bonds is 6. The van der Waals surface area contributed by atoms with Crippen LogP contribution in [0.2, 0.25) is 0 Å². The molecule has 0 amide bonds. The standard InChI is InChI=1S/C23H28O5/c1-23(2)27-19-13-18(24)20(25-14-16-9-5-3-6-10-16)22(21(19)28-23)26-15-17-11-7-4-8-12-17/h3-12,18-22,24H,13-15H2,1-2H3/t18-,19-,20+,21?,22+/m1/s1. The minimum absolute atomic E-state index is 0.206. The predicted molar refractivity (Wildman–Crippen MR) is 104 cm³/mol. The zero-order valence-electron chi connectivity index (χ0n) is 16.4. The first kappa shape index (κ1) is 19.6. The van der Waals surface area contributed by atoms with Crippen LogP contribution < -0.4 is 0 Å². The molecule has 5 heteroatoms. The summed E-state index contributed by atoms with van der Waals surface area (Å²) in [6.07, 6.45) is -1.59. The van der Waals surface area contributed by atoms with Gasteiger partial charge in [0.25, 0.3) is 0 Å². The Morgan fingerprint density at radius 1 is 0.857 bits per heavy atom. The van der Waals surface area contributed by atoms with E-state index in [1.807, 2.05) is 74.5 Å². The molecule has 1 N–H and O–H groups in total. The Morgan fingerprint density at radius 3 is 1.96 bits per heavy atom. The first-order chi connectivity index (χ1) is 13.5.